The number of nitrogens with zero attached hydrogens (tertiary/aromatic N) is 1. The summed E-state index contributed by atoms with van der Waals surface area (Å²) in [4.78, 5) is 0. The number of hydrogen-bond donors (Lipinski definition) is 3. The van der Waals surface area contributed by atoms with Crippen molar-refractivity contribution in [3.63, 3.8) is 0 Å². The fourth-order valence-electron chi connectivity index (χ4n) is 4.67. The summed E-state index contributed by atoms with van der Waals surface area (Å²) in [5.74, 6) is 3.41. The quantitative estimate of drug-likeness (QED) is 0.346. The van der Waals surface area contributed by atoms with E-state index in [2.05, 4.69) is 28.0 Å². The molecule has 3 aliphatic rings. The number of nitrogens with one attached hydrogen (secondary N) is 2. The minimum atomic E-state index is 0.212. The van der Waals surface area contributed by atoms with Crippen LogP contribution in [0.5, 0.6) is 5.75 Å². The van der Waals surface area contributed by atoms with Gasteiger partial charge in [0.15, 0.2) is 5.11 Å². The van der Waals surface area contributed by atoms with Gasteiger partial charge in [-0.2, -0.15) is 5.10 Å². The SMILES string of the molecule is Oc1ccccc1/C=N\NC(=S)N[C@H]1C[C@H]2C[C@@H]1[C@@H]1C=CC[C@@H]21. The van der Waals surface area contributed by atoms with Crippen molar-refractivity contribution in [2.45, 2.75) is 25.3 Å². The van der Waals surface area contributed by atoms with E-state index in [4.69, 9.17) is 12.2 Å². The summed E-state index contributed by atoms with van der Waals surface area (Å²) in [5.41, 5.74) is 3.53. The van der Waals surface area contributed by atoms with Crippen LogP contribution in [0.15, 0.2) is 41.5 Å². The van der Waals surface area contributed by atoms with Crippen LogP contribution >= 0.6 is 12.2 Å². The second kappa shape index (κ2) is 5.96. The Morgan fingerprint density at radius 3 is 3.00 bits per heavy atom. The number of hydrogen-bond acceptors (Lipinski definition) is 3. The first-order chi connectivity index (χ1) is 11.2. The van der Waals surface area contributed by atoms with E-state index >= 15 is 0 Å². The molecule has 0 unspecified atom stereocenters. The van der Waals surface area contributed by atoms with Gasteiger partial charge in [0.2, 0.25) is 0 Å². The van der Waals surface area contributed by atoms with E-state index in [1.807, 2.05) is 6.07 Å². The monoisotopic (exact) mass is 327 g/mol. The number of fused-ring (bicyclic) bond motifs is 5. The lowest BCUT2D eigenvalue weighted by Crippen LogP contribution is -2.45. The zero-order chi connectivity index (χ0) is 15.8. The molecule has 120 valence electrons. The molecule has 5 heteroatoms. The molecule has 3 N–H and O–H groups in total. The number of rotatable bonds is 3. The largest absolute Gasteiger partial charge is 0.507 e. The third-order valence-electron chi connectivity index (χ3n) is 5.63. The van der Waals surface area contributed by atoms with Gasteiger partial charge in [-0.1, -0.05) is 24.3 Å². The Balaban J connectivity index is 1.31. The molecule has 1 aromatic rings. The topological polar surface area (TPSA) is 56.7 Å². The number of thiocarbonyl (C=S) groups is 1. The highest BCUT2D eigenvalue weighted by molar-refractivity contribution is 7.80. The van der Waals surface area contributed by atoms with Crippen LogP contribution in [0.1, 0.15) is 24.8 Å². The molecule has 0 saturated heterocycles. The number of allylic oxidation sites excluding steroid dienone is 2. The third kappa shape index (κ3) is 2.74. The van der Waals surface area contributed by atoms with Gasteiger partial charge in [-0.05, 0) is 67.3 Å². The van der Waals surface area contributed by atoms with Gasteiger partial charge in [-0.3, -0.25) is 5.43 Å². The zero-order valence-electron chi connectivity index (χ0n) is 12.9. The third-order valence-corrected chi connectivity index (χ3v) is 5.84. The second-order valence-corrected chi connectivity index (χ2v) is 7.22. The maximum absolute atomic E-state index is 9.69. The lowest BCUT2D eigenvalue weighted by molar-refractivity contribution is 0.246. The Kier molecular flexibility index (Phi) is 3.81. The van der Waals surface area contributed by atoms with Crippen molar-refractivity contribution >= 4 is 23.5 Å². The Labute approximate surface area is 141 Å². The first-order valence-corrected chi connectivity index (χ1v) is 8.67. The minimum absolute atomic E-state index is 0.212. The number of para-hydroxylation sites is 1. The van der Waals surface area contributed by atoms with Crippen LogP contribution in [0.25, 0.3) is 0 Å². The van der Waals surface area contributed by atoms with Crippen LogP contribution in [0, 0.1) is 23.7 Å². The van der Waals surface area contributed by atoms with E-state index in [0.717, 1.165) is 17.8 Å². The lowest BCUT2D eigenvalue weighted by Gasteiger charge is -2.32. The van der Waals surface area contributed by atoms with Crippen LogP contribution in [-0.2, 0) is 0 Å². The normalized spacial score (nSPS) is 34.0. The number of phenolic OH excluding ortho intramolecular Hbond substituents is 1. The Morgan fingerprint density at radius 1 is 1.26 bits per heavy atom. The molecule has 3 aliphatic carbocycles. The van der Waals surface area contributed by atoms with Gasteiger partial charge in [0.25, 0.3) is 0 Å². The average molecular weight is 327 g/mol. The van der Waals surface area contributed by atoms with E-state index in [9.17, 15) is 5.11 Å². The molecule has 4 nitrogen and oxygen atoms in total. The molecular formula is C18H21N3OS. The molecule has 0 radical (unpaired) electrons. The van der Waals surface area contributed by atoms with Crippen molar-refractivity contribution in [3.8, 4) is 5.75 Å². The molecule has 5 atom stereocenters. The van der Waals surface area contributed by atoms with Crippen molar-refractivity contribution < 1.29 is 5.11 Å². The molecule has 0 aromatic heterocycles. The summed E-state index contributed by atoms with van der Waals surface area (Å²) in [5, 5.41) is 17.8. The predicted molar refractivity (Wildman–Crippen MR) is 95.3 cm³/mol. The molecule has 4 rings (SSSR count). The summed E-state index contributed by atoms with van der Waals surface area (Å²) >= 11 is 5.36. The Morgan fingerprint density at radius 2 is 2.13 bits per heavy atom. The van der Waals surface area contributed by atoms with Gasteiger partial charge in [0.05, 0.1) is 6.21 Å². The number of benzene rings is 1. The van der Waals surface area contributed by atoms with Crippen molar-refractivity contribution in [1.82, 2.24) is 10.7 Å². The zero-order valence-corrected chi connectivity index (χ0v) is 13.7. The highest BCUT2D eigenvalue weighted by Crippen LogP contribution is 2.56. The van der Waals surface area contributed by atoms with Crippen LogP contribution in [0.4, 0.5) is 0 Å². The minimum Gasteiger partial charge on any atom is -0.507 e. The van der Waals surface area contributed by atoms with Crippen molar-refractivity contribution in [1.29, 1.82) is 0 Å². The maximum atomic E-state index is 9.69. The van der Waals surface area contributed by atoms with E-state index in [1.54, 1.807) is 24.4 Å². The molecule has 1 aromatic carbocycles. The summed E-state index contributed by atoms with van der Waals surface area (Å²) in [7, 11) is 0. The Hall–Kier alpha value is -1.88. The maximum Gasteiger partial charge on any atom is 0.187 e. The lowest BCUT2D eigenvalue weighted by atomic mass is 9.79. The molecule has 23 heavy (non-hydrogen) atoms. The molecule has 0 heterocycles. The van der Waals surface area contributed by atoms with E-state index < -0.39 is 0 Å². The highest BCUT2D eigenvalue weighted by Gasteiger charge is 2.52. The number of phenols is 1. The molecular weight excluding hydrogens is 306 g/mol. The van der Waals surface area contributed by atoms with Gasteiger partial charge >= 0.3 is 0 Å². The van der Waals surface area contributed by atoms with Crippen molar-refractivity contribution in [2.24, 2.45) is 28.8 Å². The molecule has 0 aliphatic heterocycles. The van der Waals surface area contributed by atoms with Gasteiger partial charge in [0.1, 0.15) is 5.75 Å². The summed E-state index contributed by atoms with van der Waals surface area (Å²) in [6.07, 6.45) is 10.2. The summed E-state index contributed by atoms with van der Waals surface area (Å²) in [6.45, 7) is 0. The number of hydrazone groups is 1. The van der Waals surface area contributed by atoms with Crippen LogP contribution in [0.2, 0.25) is 0 Å². The predicted octanol–water partition coefficient (Wildman–Crippen LogP) is 2.79. The molecule has 2 bridgehead atoms. The summed E-state index contributed by atoms with van der Waals surface area (Å²) in [6, 6.07) is 7.55. The Bertz CT molecular complexity index is 672. The highest BCUT2D eigenvalue weighted by atomic mass is 32.1. The average Bonchev–Trinajstić information content (AvgIpc) is 3.21. The summed E-state index contributed by atoms with van der Waals surface area (Å²) < 4.78 is 0. The molecule has 2 saturated carbocycles. The van der Waals surface area contributed by atoms with Crippen LogP contribution in [-0.4, -0.2) is 22.5 Å². The van der Waals surface area contributed by atoms with Crippen molar-refractivity contribution in [2.75, 3.05) is 0 Å². The first kappa shape index (κ1) is 14.7. The molecule has 0 spiro atoms. The molecule has 0 amide bonds. The smallest absolute Gasteiger partial charge is 0.187 e. The standard InChI is InChI=1S/C18H21N3OS/c22-17-7-2-1-4-11(17)10-19-21-18(23)20-16-9-12-8-15(16)14-6-3-5-13(12)14/h1-4,6-7,10,12-16,22H,5,8-9H2,(H2,20,21,23)/b19-10-/t12-,13+,14-,15-,16+/m1/s1. The van der Waals surface area contributed by atoms with Crippen LogP contribution < -0.4 is 10.7 Å². The second-order valence-electron chi connectivity index (χ2n) is 6.81. The van der Waals surface area contributed by atoms with Gasteiger partial charge in [0, 0.05) is 11.6 Å². The van der Waals surface area contributed by atoms with E-state index in [0.29, 0.717) is 22.6 Å². The first-order valence-electron chi connectivity index (χ1n) is 8.26. The van der Waals surface area contributed by atoms with E-state index in [1.165, 1.54) is 19.3 Å². The van der Waals surface area contributed by atoms with Crippen LogP contribution in [0.3, 0.4) is 0 Å². The van der Waals surface area contributed by atoms with Gasteiger partial charge in [-0.15, -0.1) is 0 Å². The molecule has 2 fully saturated rings. The fraction of sp³-hybridized carbons (Fsp3) is 0.444. The van der Waals surface area contributed by atoms with Gasteiger partial charge in [-0.25, -0.2) is 0 Å². The van der Waals surface area contributed by atoms with Gasteiger partial charge < -0.3 is 10.4 Å². The van der Waals surface area contributed by atoms with E-state index in [-0.39, 0.29) is 5.75 Å². The number of aromatic hydroxyl groups is 1. The fourth-order valence-corrected chi connectivity index (χ4v) is 4.87. The van der Waals surface area contributed by atoms with Crippen molar-refractivity contribution in [3.05, 3.63) is 42.0 Å².